The summed E-state index contributed by atoms with van der Waals surface area (Å²) in [5.74, 6) is 0. The van der Waals surface area contributed by atoms with E-state index < -0.39 is 0 Å². The van der Waals surface area contributed by atoms with Gasteiger partial charge in [-0.25, -0.2) is 0 Å². The maximum atomic E-state index is 3.95. The Bertz CT molecular complexity index is 195. The molecule has 9 heavy (non-hydrogen) atoms. The molecule has 0 saturated heterocycles. The average Bonchev–Trinajstić information content (AvgIpc) is 1.79. The van der Waals surface area contributed by atoms with E-state index in [9.17, 15) is 0 Å². The molecule has 0 bridgehead atoms. The SMILES string of the molecule is CC1=CC=NC=CC=C1. The second-order valence-electron chi connectivity index (χ2n) is 1.91. The van der Waals surface area contributed by atoms with Crippen LogP contribution in [0.5, 0.6) is 0 Å². The molecule has 0 aromatic rings. The van der Waals surface area contributed by atoms with Crippen molar-refractivity contribution in [2.24, 2.45) is 4.99 Å². The molecule has 0 radical (unpaired) electrons. The first-order valence-electron chi connectivity index (χ1n) is 2.93. The van der Waals surface area contributed by atoms with E-state index in [0.717, 1.165) is 0 Å². The van der Waals surface area contributed by atoms with Crippen LogP contribution in [0.4, 0.5) is 0 Å². The standard InChI is InChI=1S/C8H9N/c1-8-4-2-3-6-9-7-5-8/h2-7H,1H3. The molecular formula is C8H9N. The van der Waals surface area contributed by atoms with Crippen LogP contribution in [0.1, 0.15) is 6.92 Å². The molecule has 1 aliphatic heterocycles. The molecule has 1 heterocycles. The van der Waals surface area contributed by atoms with E-state index in [-0.39, 0.29) is 0 Å². The fraction of sp³-hybridized carbons (Fsp3) is 0.125. The van der Waals surface area contributed by atoms with Crippen molar-refractivity contribution < 1.29 is 0 Å². The smallest absolute Gasteiger partial charge is 0.0270 e. The van der Waals surface area contributed by atoms with Gasteiger partial charge in [-0.1, -0.05) is 12.2 Å². The molecule has 1 rings (SSSR count). The second-order valence-corrected chi connectivity index (χ2v) is 1.91. The number of nitrogens with zero attached hydrogens (tertiary/aromatic N) is 1. The summed E-state index contributed by atoms with van der Waals surface area (Å²) in [6, 6.07) is 0. The zero-order chi connectivity index (χ0) is 6.53. The lowest BCUT2D eigenvalue weighted by Crippen LogP contribution is -1.71. The molecule has 0 aliphatic carbocycles. The van der Waals surface area contributed by atoms with Gasteiger partial charge >= 0.3 is 0 Å². The van der Waals surface area contributed by atoms with Crippen LogP contribution in [-0.4, -0.2) is 6.21 Å². The Morgan fingerprint density at radius 2 is 2.22 bits per heavy atom. The molecule has 0 saturated carbocycles. The third-order valence-electron chi connectivity index (χ3n) is 1.07. The van der Waals surface area contributed by atoms with Crippen LogP contribution in [0.25, 0.3) is 0 Å². The summed E-state index contributed by atoms with van der Waals surface area (Å²) in [5.41, 5.74) is 1.23. The quantitative estimate of drug-likeness (QED) is 0.463. The van der Waals surface area contributed by atoms with Gasteiger partial charge in [-0.05, 0) is 24.6 Å². The summed E-state index contributed by atoms with van der Waals surface area (Å²) in [6.07, 6.45) is 11.5. The lowest BCUT2D eigenvalue weighted by molar-refractivity contribution is 1.50. The van der Waals surface area contributed by atoms with Gasteiger partial charge in [0.2, 0.25) is 0 Å². The van der Waals surface area contributed by atoms with Crippen LogP contribution in [-0.2, 0) is 0 Å². The van der Waals surface area contributed by atoms with Gasteiger partial charge in [0.05, 0.1) is 0 Å². The van der Waals surface area contributed by atoms with Crippen molar-refractivity contribution in [3.63, 3.8) is 0 Å². The van der Waals surface area contributed by atoms with Crippen molar-refractivity contribution in [3.8, 4) is 0 Å². The van der Waals surface area contributed by atoms with Crippen LogP contribution < -0.4 is 0 Å². The Morgan fingerprint density at radius 3 is 3.11 bits per heavy atom. The molecule has 46 valence electrons. The Balaban J connectivity index is 2.77. The van der Waals surface area contributed by atoms with Crippen molar-refractivity contribution in [1.29, 1.82) is 0 Å². The van der Waals surface area contributed by atoms with E-state index in [2.05, 4.69) is 4.99 Å². The Hall–Kier alpha value is -1.11. The largest absolute Gasteiger partial charge is 0.265 e. The highest BCUT2D eigenvalue weighted by atomic mass is 14.7. The van der Waals surface area contributed by atoms with Crippen molar-refractivity contribution in [1.82, 2.24) is 0 Å². The van der Waals surface area contributed by atoms with Gasteiger partial charge in [-0.2, -0.15) is 0 Å². The number of allylic oxidation sites excluding steroid dienone is 5. The third kappa shape index (κ3) is 2.08. The molecule has 0 N–H and O–H groups in total. The summed E-state index contributed by atoms with van der Waals surface area (Å²) in [7, 11) is 0. The van der Waals surface area contributed by atoms with Crippen molar-refractivity contribution >= 4 is 6.21 Å². The predicted octanol–water partition coefficient (Wildman–Crippen LogP) is 2.09. The van der Waals surface area contributed by atoms with Crippen molar-refractivity contribution in [2.75, 3.05) is 0 Å². The maximum absolute atomic E-state index is 3.95. The minimum atomic E-state index is 1.23. The van der Waals surface area contributed by atoms with Crippen LogP contribution in [0.2, 0.25) is 0 Å². The summed E-state index contributed by atoms with van der Waals surface area (Å²) in [6.45, 7) is 2.04. The van der Waals surface area contributed by atoms with Gasteiger partial charge in [0.15, 0.2) is 0 Å². The first-order valence-corrected chi connectivity index (χ1v) is 2.93. The minimum absolute atomic E-state index is 1.23. The van der Waals surface area contributed by atoms with E-state index in [4.69, 9.17) is 0 Å². The number of hydrogen-bond acceptors (Lipinski definition) is 1. The highest BCUT2D eigenvalue weighted by Gasteiger charge is 1.77. The zero-order valence-corrected chi connectivity index (χ0v) is 5.41. The fourth-order valence-electron chi connectivity index (χ4n) is 0.573. The van der Waals surface area contributed by atoms with Gasteiger partial charge in [0.25, 0.3) is 0 Å². The normalized spacial score (nSPS) is 16.8. The minimum Gasteiger partial charge on any atom is -0.265 e. The molecule has 1 nitrogen and oxygen atoms in total. The van der Waals surface area contributed by atoms with E-state index >= 15 is 0 Å². The molecule has 1 heteroatoms. The Kier molecular flexibility index (Phi) is 2.02. The molecule has 0 aromatic carbocycles. The molecule has 0 spiro atoms. The van der Waals surface area contributed by atoms with Crippen LogP contribution in [0.15, 0.2) is 41.1 Å². The highest BCUT2D eigenvalue weighted by molar-refractivity contribution is 5.73. The summed E-state index contributed by atoms with van der Waals surface area (Å²) < 4.78 is 0. The number of aliphatic imine (C=N–C) groups is 1. The molecule has 0 unspecified atom stereocenters. The Morgan fingerprint density at radius 1 is 1.33 bits per heavy atom. The van der Waals surface area contributed by atoms with Gasteiger partial charge in [-0.3, -0.25) is 4.99 Å². The highest BCUT2D eigenvalue weighted by Crippen LogP contribution is 1.95. The maximum Gasteiger partial charge on any atom is 0.0270 e. The molecule has 1 aliphatic rings. The van der Waals surface area contributed by atoms with Crippen LogP contribution in [0.3, 0.4) is 0 Å². The van der Waals surface area contributed by atoms with E-state index in [0.29, 0.717) is 0 Å². The number of hydrogen-bond donors (Lipinski definition) is 0. The average molecular weight is 119 g/mol. The molecular weight excluding hydrogens is 110 g/mol. The van der Waals surface area contributed by atoms with Crippen LogP contribution >= 0.6 is 0 Å². The van der Waals surface area contributed by atoms with Crippen LogP contribution in [0, 0.1) is 0 Å². The fourth-order valence-corrected chi connectivity index (χ4v) is 0.573. The monoisotopic (exact) mass is 119 g/mol. The van der Waals surface area contributed by atoms with Gasteiger partial charge in [0.1, 0.15) is 0 Å². The Labute approximate surface area is 55.1 Å². The summed E-state index contributed by atoms with van der Waals surface area (Å²) >= 11 is 0. The van der Waals surface area contributed by atoms with E-state index in [1.54, 1.807) is 12.4 Å². The predicted molar refractivity (Wildman–Crippen MR) is 40.5 cm³/mol. The molecule has 0 fully saturated rings. The molecule has 0 aromatic heterocycles. The summed E-state index contributed by atoms with van der Waals surface area (Å²) in [4.78, 5) is 3.95. The number of rotatable bonds is 0. The van der Waals surface area contributed by atoms with E-state index in [1.807, 2.05) is 31.2 Å². The second kappa shape index (κ2) is 3.02. The topological polar surface area (TPSA) is 12.4 Å². The zero-order valence-electron chi connectivity index (χ0n) is 5.41. The van der Waals surface area contributed by atoms with Gasteiger partial charge in [-0.15, -0.1) is 0 Å². The lowest BCUT2D eigenvalue weighted by Gasteiger charge is -1.87. The first-order chi connectivity index (χ1) is 4.39. The first kappa shape index (κ1) is 6.02. The van der Waals surface area contributed by atoms with E-state index in [1.165, 1.54) is 5.57 Å². The molecule has 0 atom stereocenters. The summed E-state index contributed by atoms with van der Waals surface area (Å²) in [5, 5.41) is 0. The molecule has 0 amide bonds. The van der Waals surface area contributed by atoms with Gasteiger partial charge < -0.3 is 0 Å². The van der Waals surface area contributed by atoms with Crippen molar-refractivity contribution in [2.45, 2.75) is 6.92 Å². The third-order valence-corrected chi connectivity index (χ3v) is 1.07. The lowest BCUT2D eigenvalue weighted by atomic mass is 10.2. The van der Waals surface area contributed by atoms with Gasteiger partial charge in [0, 0.05) is 12.4 Å². The van der Waals surface area contributed by atoms with Crippen molar-refractivity contribution in [3.05, 3.63) is 36.1 Å².